The van der Waals surface area contributed by atoms with E-state index in [1.165, 1.54) is 0 Å². The second kappa shape index (κ2) is 6.63. The quantitative estimate of drug-likeness (QED) is 0.320. The summed E-state index contributed by atoms with van der Waals surface area (Å²) in [6.45, 7) is 0.333. The van der Waals surface area contributed by atoms with Crippen molar-refractivity contribution in [2.75, 3.05) is 6.54 Å². The minimum Gasteiger partial charge on any atom is -0.389 e. The first-order chi connectivity index (χ1) is 9.43. The number of nitrogens with two attached hydrogens (primary N) is 3. The summed E-state index contributed by atoms with van der Waals surface area (Å²) in [5, 5.41) is 29.7. The number of aliphatic hydroxyl groups is 3. The van der Waals surface area contributed by atoms with E-state index in [2.05, 4.69) is 0 Å². The molecule has 20 heavy (non-hydrogen) atoms. The summed E-state index contributed by atoms with van der Waals surface area (Å²) in [5.41, 5.74) is 17.1. The molecule has 9 N–H and O–H groups in total. The summed E-state index contributed by atoms with van der Waals surface area (Å²) in [4.78, 5) is 0. The number of hydrogen-bond donors (Lipinski definition) is 6. The van der Waals surface area contributed by atoms with Gasteiger partial charge in [0.2, 0.25) is 0 Å². The lowest BCUT2D eigenvalue weighted by molar-refractivity contribution is -0.278. The molecule has 8 unspecified atom stereocenters. The molecule has 118 valence electrons. The second-order valence-corrected chi connectivity index (χ2v) is 5.65. The topological polar surface area (TPSA) is 157 Å². The van der Waals surface area contributed by atoms with E-state index in [1.807, 2.05) is 0 Å². The van der Waals surface area contributed by atoms with Crippen molar-refractivity contribution in [3.63, 3.8) is 0 Å². The van der Waals surface area contributed by atoms with Crippen LogP contribution in [-0.2, 0) is 9.47 Å². The molecule has 2 rings (SSSR count). The van der Waals surface area contributed by atoms with Crippen LogP contribution in [0.1, 0.15) is 19.3 Å². The number of rotatable bonds is 3. The number of ether oxygens (including phenoxy) is 2. The van der Waals surface area contributed by atoms with Crippen LogP contribution in [-0.4, -0.2) is 70.8 Å². The molecule has 0 aromatic heterocycles. The summed E-state index contributed by atoms with van der Waals surface area (Å²) in [6, 6.07) is -1.12. The van der Waals surface area contributed by atoms with E-state index in [-0.39, 0.29) is 6.10 Å². The Morgan fingerprint density at radius 1 is 1.05 bits per heavy atom. The average Bonchev–Trinajstić information content (AvgIpc) is 2.43. The lowest BCUT2D eigenvalue weighted by atomic mass is 9.84. The third-order valence-electron chi connectivity index (χ3n) is 4.07. The maximum atomic E-state index is 10.0. The van der Waals surface area contributed by atoms with Crippen LogP contribution in [0.5, 0.6) is 0 Å². The standard InChI is InChI=1S/C12H25N3O5/c13-4-5-1-2-8(16)12(19-5)20-11-7(15)3-6(14)9(17)10(11)18/h5-12,16-18H,1-4,13-15H2. The highest BCUT2D eigenvalue weighted by molar-refractivity contribution is 4.98. The molecular weight excluding hydrogens is 266 g/mol. The summed E-state index contributed by atoms with van der Waals surface area (Å²) >= 11 is 0. The first-order valence-electron chi connectivity index (χ1n) is 7.00. The lowest BCUT2D eigenvalue weighted by Crippen LogP contribution is -2.63. The van der Waals surface area contributed by atoms with Crippen LogP contribution in [0, 0.1) is 0 Å². The Balaban J connectivity index is 2.00. The molecule has 1 aliphatic carbocycles. The summed E-state index contributed by atoms with van der Waals surface area (Å²) < 4.78 is 11.1. The van der Waals surface area contributed by atoms with Crippen LogP contribution in [0.2, 0.25) is 0 Å². The average molecular weight is 291 g/mol. The minimum atomic E-state index is -1.21. The summed E-state index contributed by atoms with van der Waals surface area (Å²) in [7, 11) is 0. The molecule has 0 aromatic rings. The van der Waals surface area contributed by atoms with Crippen LogP contribution >= 0.6 is 0 Å². The van der Waals surface area contributed by atoms with Gasteiger partial charge in [-0.1, -0.05) is 0 Å². The molecule has 8 heteroatoms. The van der Waals surface area contributed by atoms with Gasteiger partial charge in [0.05, 0.1) is 12.2 Å². The Morgan fingerprint density at radius 3 is 2.40 bits per heavy atom. The van der Waals surface area contributed by atoms with Crippen LogP contribution in [0.15, 0.2) is 0 Å². The van der Waals surface area contributed by atoms with Crippen molar-refractivity contribution in [3.8, 4) is 0 Å². The van der Waals surface area contributed by atoms with Crippen molar-refractivity contribution in [1.82, 2.24) is 0 Å². The second-order valence-electron chi connectivity index (χ2n) is 5.65. The van der Waals surface area contributed by atoms with Gasteiger partial charge < -0.3 is 42.0 Å². The number of aliphatic hydroxyl groups excluding tert-OH is 3. The van der Waals surface area contributed by atoms with Gasteiger partial charge in [-0.05, 0) is 19.3 Å². The van der Waals surface area contributed by atoms with E-state index < -0.39 is 42.8 Å². The van der Waals surface area contributed by atoms with Gasteiger partial charge in [0.1, 0.15) is 18.3 Å². The maximum Gasteiger partial charge on any atom is 0.184 e. The molecule has 1 saturated carbocycles. The van der Waals surface area contributed by atoms with Gasteiger partial charge in [-0.25, -0.2) is 0 Å². The van der Waals surface area contributed by atoms with Crippen LogP contribution in [0.3, 0.4) is 0 Å². The van der Waals surface area contributed by atoms with E-state index >= 15 is 0 Å². The molecule has 1 aliphatic heterocycles. The third kappa shape index (κ3) is 3.29. The fourth-order valence-corrected chi connectivity index (χ4v) is 2.76. The SMILES string of the molecule is NCC1CCC(O)C(OC2C(N)CC(N)C(O)C2O)O1. The van der Waals surface area contributed by atoms with Gasteiger partial charge in [0, 0.05) is 18.6 Å². The Morgan fingerprint density at radius 2 is 1.75 bits per heavy atom. The zero-order valence-electron chi connectivity index (χ0n) is 11.3. The van der Waals surface area contributed by atoms with E-state index in [0.717, 1.165) is 0 Å². The van der Waals surface area contributed by atoms with Gasteiger partial charge in [0.25, 0.3) is 0 Å². The molecule has 0 aromatic carbocycles. The normalized spacial score (nSPS) is 50.1. The van der Waals surface area contributed by atoms with E-state index in [0.29, 0.717) is 25.8 Å². The van der Waals surface area contributed by atoms with Gasteiger partial charge in [-0.2, -0.15) is 0 Å². The van der Waals surface area contributed by atoms with Crippen LogP contribution < -0.4 is 17.2 Å². The molecule has 1 heterocycles. The van der Waals surface area contributed by atoms with Crippen molar-refractivity contribution in [3.05, 3.63) is 0 Å². The molecule has 0 amide bonds. The van der Waals surface area contributed by atoms with Crippen molar-refractivity contribution >= 4 is 0 Å². The highest BCUT2D eigenvalue weighted by atomic mass is 16.7. The Hall–Kier alpha value is -0.320. The molecule has 0 radical (unpaired) electrons. The minimum absolute atomic E-state index is 0.187. The number of hydrogen-bond acceptors (Lipinski definition) is 8. The van der Waals surface area contributed by atoms with Crippen molar-refractivity contribution in [2.45, 2.75) is 68.2 Å². The predicted molar refractivity (Wildman–Crippen MR) is 70.4 cm³/mol. The van der Waals surface area contributed by atoms with Crippen LogP contribution in [0.4, 0.5) is 0 Å². The molecule has 0 spiro atoms. The molecule has 0 bridgehead atoms. The lowest BCUT2D eigenvalue weighted by Gasteiger charge is -2.43. The van der Waals surface area contributed by atoms with Crippen molar-refractivity contribution in [2.24, 2.45) is 17.2 Å². The molecule has 2 aliphatic rings. The first kappa shape index (κ1) is 16.1. The van der Waals surface area contributed by atoms with E-state index in [9.17, 15) is 15.3 Å². The van der Waals surface area contributed by atoms with Gasteiger partial charge >= 0.3 is 0 Å². The fourth-order valence-electron chi connectivity index (χ4n) is 2.76. The van der Waals surface area contributed by atoms with Crippen LogP contribution in [0.25, 0.3) is 0 Å². The first-order valence-corrected chi connectivity index (χ1v) is 7.00. The Labute approximate surface area is 117 Å². The van der Waals surface area contributed by atoms with Crippen molar-refractivity contribution < 1.29 is 24.8 Å². The molecule has 8 nitrogen and oxygen atoms in total. The molecule has 2 fully saturated rings. The zero-order valence-corrected chi connectivity index (χ0v) is 11.3. The Kier molecular flexibility index (Phi) is 5.32. The molecule has 8 atom stereocenters. The highest BCUT2D eigenvalue weighted by Gasteiger charge is 2.44. The Bertz CT molecular complexity index is 321. The van der Waals surface area contributed by atoms with Gasteiger partial charge in [0.15, 0.2) is 6.29 Å². The van der Waals surface area contributed by atoms with Crippen molar-refractivity contribution in [1.29, 1.82) is 0 Å². The highest BCUT2D eigenvalue weighted by Crippen LogP contribution is 2.26. The van der Waals surface area contributed by atoms with E-state index in [1.54, 1.807) is 0 Å². The molecular formula is C12H25N3O5. The molecule has 1 saturated heterocycles. The predicted octanol–water partition coefficient (Wildman–Crippen LogP) is -3.02. The third-order valence-corrected chi connectivity index (χ3v) is 4.07. The monoisotopic (exact) mass is 291 g/mol. The fraction of sp³-hybridized carbons (Fsp3) is 1.00. The van der Waals surface area contributed by atoms with Gasteiger partial charge in [-0.15, -0.1) is 0 Å². The summed E-state index contributed by atoms with van der Waals surface area (Å²) in [6.07, 6.45) is -3.54. The maximum absolute atomic E-state index is 10.0. The van der Waals surface area contributed by atoms with Gasteiger partial charge in [-0.3, -0.25) is 0 Å². The summed E-state index contributed by atoms with van der Waals surface area (Å²) in [5.74, 6) is 0. The van der Waals surface area contributed by atoms with E-state index in [4.69, 9.17) is 26.7 Å². The zero-order chi connectivity index (χ0) is 14.9. The largest absolute Gasteiger partial charge is 0.389 e. The smallest absolute Gasteiger partial charge is 0.184 e.